The molecular weight excluding hydrogens is 236 g/mol. The number of aryl methyl sites for hydroxylation is 1. The zero-order chi connectivity index (χ0) is 12.3. The van der Waals surface area contributed by atoms with Crippen LogP contribution in [-0.2, 0) is 22.6 Å². The van der Waals surface area contributed by atoms with Gasteiger partial charge in [-0.2, -0.15) is 0 Å². The first-order valence-corrected chi connectivity index (χ1v) is 5.84. The lowest BCUT2D eigenvalue weighted by atomic mass is 10.0. The van der Waals surface area contributed by atoms with Gasteiger partial charge in [0.2, 0.25) is 0 Å². The van der Waals surface area contributed by atoms with Crippen molar-refractivity contribution in [3.63, 3.8) is 0 Å². The molecule has 0 aliphatic rings. The van der Waals surface area contributed by atoms with Crippen molar-refractivity contribution in [2.24, 2.45) is 0 Å². The normalized spacial score (nSPS) is 9.37. The molecule has 2 aromatic carbocycles. The highest BCUT2D eigenvalue weighted by atomic mass is 16.5. The van der Waals surface area contributed by atoms with E-state index in [-0.39, 0.29) is 20.8 Å². The monoisotopic (exact) mass is 260 g/mol. The van der Waals surface area contributed by atoms with Gasteiger partial charge in [0.1, 0.15) is 6.61 Å². The van der Waals surface area contributed by atoms with Crippen molar-refractivity contribution in [3.8, 4) is 0 Å². The van der Waals surface area contributed by atoms with Crippen molar-refractivity contribution in [2.75, 3.05) is 0 Å². The van der Waals surface area contributed by atoms with Crippen LogP contribution in [0, 0.1) is 0 Å². The Kier molecular flexibility index (Phi) is 6.84. The lowest BCUT2D eigenvalue weighted by Gasteiger charge is -2.05. The molecular formula is C17H24O2. The highest BCUT2D eigenvalue weighted by molar-refractivity contribution is 5.83. The standard InChI is InChI=1S/C15H16O2.2CH4/c1-3-12-4-6-15-9-13(10-17-11(2)16)5-7-14(15)8-12;;/h4-9H,3,10H2,1-2H3;2*1H4. The van der Waals surface area contributed by atoms with Gasteiger partial charge in [-0.1, -0.05) is 52.1 Å². The third-order valence-electron chi connectivity index (χ3n) is 2.82. The predicted molar refractivity (Wildman–Crippen MR) is 82.3 cm³/mol. The van der Waals surface area contributed by atoms with E-state index in [0.717, 1.165) is 12.0 Å². The Balaban J connectivity index is 0.00000162. The largest absolute Gasteiger partial charge is 0.461 e. The van der Waals surface area contributed by atoms with Gasteiger partial charge >= 0.3 is 5.97 Å². The van der Waals surface area contributed by atoms with E-state index in [9.17, 15) is 4.79 Å². The van der Waals surface area contributed by atoms with Crippen molar-refractivity contribution in [2.45, 2.75) is 41.7 Å². The molecule has 0 fully saturated rings. The fourth-order valence-corrected chi connectivity index (χ4v) is 1.84. The summed E-state index contributed by atoms with van der Waals surface area (Å²) in [6, 6.07) is 12.6. The lowest BCUT2D eigenvalue weighted by molar-refractivity contribution is -0.142. The van der Waals surface area contributed by atoms with Crippen molar-refractivity contribution in [1.29, 1.82) is 0 Å². The Morgan fingerprint density at radius 1 is 1.00 bits per heavy atom. The summed E-state index contributed by atoms with van der Waals surface area (Å²) >= 11 is 0. The highest BCUT2D eigenvalue weighted by Gasteiger charge is 2.00. The molecule has 0 saturated heterocycles. The molecule has 0 aliphatic heterocycles. The molecule has 2 nitrogen and oxygen atoms in total. The molecule has 0 atom stereocenters. The van der Waals surface area contributed by atoms with Gasteiger partial charge in [0.25, 0.3) is 0 Å². The summed E-state index contributed by atoms with van der Waals surface area (Å²) in [7, 11) is 0. The van der Waals surface area contributed by atoms with E-state index < -0.39 is 0 Å². The van der Waals surface area contributed by atoms with Gasteiger partial charge in [0.15, 0.2) is 0 Å². The van der Waals surface area contributed by atoms with E-state index in [2.05, 4.69) is 37.3 Å². The molecule has 0 aliphatic carbocycles. The second-order valence-corrected chi connectivity index (χ2v) is 4.15. The van der Waals surface area contributed by atoms with Crippen LogP contribution in [0.4, 0.5) is 0 Å². The molecule has 19 heavy (non-hydrogen) atoms. The van der Waals surface area contributed by atoms with Gasteiger partial charge < -0.3 is 4.74 Å². The van der Waals surface area contributed by atoms with E-state index >= 15 is 0 Å². The van der Waals surface area contributed by atoms with Crippen LogP contribution in [0.3, 0.4) is 0 Å². The molecule has 0 radical (unpaired) electrons. The number of carbonyl (C=O) groups excluding carboxylic acids is 1. The molecule has 2 aromatic rings. The summed E-state index contributed by atoms with van der Waals surface area (Å²) in [5.74, 6) is -0.244. The number of hydrogen-bond donors (Lipinski definition) is 0. The first kappa shape index (κ1) is 17.2. The second-order valence-electron chi connectivity index (χ2n) is 4.15. The number of esters is 1. The summed E-state index contributed by atoms with van der Waals surface area (Å²) in [5, 5.41) is 2.42. The molecule has 0 unspecified atom stereocenters. The molecule has 0 aromatic heterocycles. The smallest absolute Gasteiger partial charge is 0.302 e. The van der Waals surface area contributed by atoms with Crippen molar-refractivity contribution in [3.05, 3.63) is 47.5 Å². The molecule has 0 bridgehead atoms. The molecule has 2 heteroatoms. The van der Waals surface area contributed by atoms with Crippen LogP contribution in [0.15, 0.2) is 36.4 Å². The molecule has 2 rings (SSSR count). The quantitative estimate of drug-likeness (QED) is 0.745. The first-order chi connectivity index (χ1) is 8.19. The first-order valence-electron chi connectivity index (χ1n) is 5.84. The fraction of sp³-hybridized carbons (Fsp3) is 0.353. The Bertz CT molecular complexity index is 544. The van der Waals surface area contributed by atoms with Crippen LogP contribution < -0.4 is 0 Å². The molecule has 0 spiro atoms. The Morgan fingerprint density at radius 2 is 1.53 bits per heavy atom. The minimum Gasteiger partial charge on any atom is -0.461 e. The SMILES string of the molecule is C.C.CCc1ccc2cc(COC(C)=O)ccc2c1. The topological polar surface area (TPSA) is 26.3 Å². The lowest BCUT2D eigenvalue weighted by Crippen LogP contribution is -1.98. The van der Waals surface area contributed by atoms with E-state index in [1.165, 1.54) is 23.3 Å². The van der Waals surface area contributed by atoms with Crippen LogP contribution in [0.2, 0.25) is 0 Å². The minimum atomic E-state index is -0.244. The van der Waals surface area contributed by atoms with Crippen LogP contribution >= 0.6 is 0 Å². The van der Waals surface area contributed by atoms with Crippen LogP contribution in [0.25, 0.3) is 10.8 Å². The number of ether oxygens (including phenoxy) is 1. The number of rotatable bonds is 3. The van der Waals surface area contributed by atoms with E-state index in [4.69, 9.17) is 4.74 Å². The summed E-state index contributed by atoms with van der Waals surface area (Å²) < 4.78 is 4.98. The van der Waals surface area contributed by atoms with Crippen LogP contribution in [0.1, 0.15) is 39.8 Å². The molecule has 0 amide bonds. The van der Waals surface area contributed by atoms with Crippen molar-refractivity contribution >= 4 is 16.7 Å². The highest BCUT2D eigenvalue weighted by Crippen LogP contribution is 2.18. The van der Waals surface area contributed by atoms with Gasteiger partial charge in [0, 0.05) is 6.92 Å². The van der Waals surface area contributed by atoms with Gasteiger partial charge in [-0.25, -0.2) is 0 Å². The Hall–Kier alpha value is -1.83. The van der Waals surface area contributed by atoms with Crippen LogP contribution in [-0.4, -0.2) is 5.97 Å². The molecule has 0 N–H and O–H groups in total. The molecule has 0 saturated carbocycles. The zero-order valence-corrected chi connectivity index (χ0v) is 10.2. The maximum absolute atomic E-state index is 10.7. The van der Waals surface area contributed by atoms with E-state index in [1.54, 1.807) is 0 Å². The minimum absolute atomic E-state index is 0. The third-order valence-corrected chi connectivity index (χ3v) is 2.82. The Labute approximate surface area is 116 Å². The predicted octanol–water partition coefficient (Wildman–Crippen LogP) is 4.74. The average molecular weight is 260 g/mol. The third kappa shape index (κ3) is 4.40. The van der Waals surface area contributed by atoms with Gasteiger partial charge in [-0.15, -0.1) is 0 Å². The van der Waals surface area contributed by atoms with Gasteiger partial charge in [-0.3, -0.25) is 4.79 Å². The summed E-state index contributed by atoms with van der Waals surface area (Å²) in [6.45, 7) is 3.92. The maximum Gasteiger partial charge on any atom is 0.302 e. The molecule has 104 valence electrons. The summed E-state index contributed by atoms with van der Waals surface area (Å²) in [5.41, 5.74) is 2.36. The number of fused-ring (bicyclic) bond motifs is 1. The second kappa shape index (κ2) is 7.57. The fourth-order valence-electron chi connectivity index (χ4n) is 1.84. The number of hydrogen-bond acceptors (Lipinski definition) is 2. The van der Waals surface area contributed by atoms with Crippen molar-refractivity contribution < 1.29 is 9.53 Å². The molecule has 0 heterocycles. The number of benzene rings is 2. The summed E-state index contributed by atoms with van der Waals surface area (Å²) in [4.78, 5) is 10.7. The van der Waals surface area contributed by atoms with Gasteiger partial charge in [0.05, 0.1) is 0 Å². The van der Waals surface area contributed by atoms with Crippen LogP contribution in [0.5, 0.6) is 0 Å². The van der Waals surface area contributed by atoms with Gasteiger partial charge in [-0.05, 0) is 34.4 Å². The zero-order valence-electron chi connectivity index (χ0n) is 10.2. The summed E-state index contributed by atoms with van der Waals surface area (Å²) in [6.07, 6.45) is 1.05. The average Bonchev–Trinajstić information content (AvgIpc) is 2.35. The van der Waals surface area contributed by atoms with Crippen molar-refractivity contribution in [1.82, 2.24) is 0 Å². The maximum atomic E-state index is 10.7. The van der Waals surface area contributed by atoms with E-state index in [1.807, 2.05) is 6.07 Å². The number of carbonyl (C=O) groups is 1. The Morgan fingerprint density at radius 3 is 2.05 bits per heavy atom. The van der Waals surface area contributed by atoms with E-state index in [0.29, 0.717) is 6.61 Å².